The number of aromatic nitrogens is 1. The molecule has 1 aliphatic rings. The van der Waals surface area contributed by atoms with Gasteiger partial charge in [-0.15, -0.1) is 0 Å². The highest BCUT2D eigenvalue weighted by Crippen LogP contribution is 2.31. The number of nitrogens with one attached hydrogen (secondary N) is 1. The van der Waals surface area contributed by atoms with Gasteiger partial charge in [0.05, 0.1) is 22.9 Å². The van der Waals surface area contributed by atoms with Crippen LogP contribution in [0.5, 0.6) is 0 Å². The first-order chi connectivity index (χ1) is 9.69. The molecule has 1 aromatic carbocycles. The average molecular weight is 287 g/mol. The van der Waals surface area contributed by atoms with E-state index in [2.05, 4.69) is 10.3 Å². The summed E-state index contributed by atoms with van der Waals surface area (Å²) < 4.78 is 5.32. The van der Waals surface area contributed by atoms with Crippen molar-refractivity contribution in [1.82, 2.24) is 4.98 Å². The number of ether oxygens (including phenoxy) is 1. The molecule has 1 fully saturated rings. The maximum absolute atomic E-state index is 5.82. The Hall–Kier alpha value is -1.72. The standard InChI is InChI=1S/C15H17N3OS/c1-19-10-6-9(7-10)18-14-11-4-2-3-5-13(11)17-8-12(14)15(16)20/h2-5,8-10H,6-7H2,1H3,(H2,16,20)(H,17,18). The Labute approximate surface area is 123 Å². The second kappa shape index (κ2) is 5.34. The van der Waals surface area contributed by atoms with Crippen molar-refractivity contribution in [2.75, 3.05) is 12.4 Å². The Morgan fingerprint density at radius 3 is 2.85 bits per heavy atom. The molecule has 0 aliphatic heterocycles. The van der Waals surface area contributed by atoms with Gasteiger partial charge in [-0.3, -0.25) is 4.98 Å². The van der Waals surface area contributed by atoms with Gasteiger partial charge in [-0.05, 0) is 18.9 Å². The van der Waals surface area contributed by atoms with Crippen LogP contribution < -0.4 is 11.1 Å². The van der Waals surface area contributed by atoms with Crippen molar-refractivity contribution in [3.63, 3.8) is 0 Å². The van der Waals surface area contributed by atoms with E-state index in [1.807, 2.05) is 24.3 Å². The van der Waals surface area contributed by atoms with Crippen LogP contribution in [0.2, 0.25) is 0 Å². The highest BCUT2D eigenvalue weighted by molar-refractivity contribution is 7.80. The predicted octanol–water partition coefficient (Wildman–Crippen LogP) is 2.46. The SMILES string of the molecule is COC1CC(Nc2c(C(N)=S)cnc3ccccc23)C1. The van der Waals surface area contributed by atoms with Crippen LogP contribution in [0.1, 0.15) is 18.4 Å². The van der Waals surface area contributed by atoms with Gasteiger partial charge >= 0.3 is 0 Å². The molecular weight excluding hydrogens is 270 g/mol. The van der Waals surface area contributed by atoms with E-state index in [0.29, 0.717) is 17.1 Å². The number of fused-ring (bicyclic) bond motifs is 1. The molecule has 3 rings (SSSR count). The van der Waals surface area contributed by atoms with Crippen molar-refractivity contribution >= 4 is 33.8 Å². The summed E-state index contributed by atoms with van der Waals surface area (Å²) in [5.41, 5.74) is 8.56. The quantitative estimate of drug-likeness (QED) is 0.846. The van der Waals surface area contributed by atoms with Crippen LogP contribution in [0, 0.1) is 0 Å². The summed E-state index contributed by atoms with van der Waals surface area (Å²) in [5, 5.41) is 4.60. The van der Waals surface area contributed by atoms with Gasteiger partial charge in [-0.1, -0.05) is 30.4 Å². The van der Waals surface area contributed by atoms with E-state index in [-0.39, 0.29) is 0 Å². The minimum atomic E-state index is 0.355. The van der Waals surface area contributed by atoms with Gasteiger partial charge in [0.1, 0.15) is 4.99 Å². The lowest BCUT2D eigenvalue weighted by Gasteiger charge is -2.36. The Morgan fingerprint density at radius 1 is 1.40 bits per heavy atom. The highest BCUT2D eigenvalue weighted by Gasteiger charge is 2.29. The zero-order valence-corrected chi connectivity index (χ0v) is 12.1. The second-order valence-electron chi connectivity index (χ2n) is 5.10. The minimum Gasteiger partial charge on any atom is -0.389 e. The number of para-hydroxylation sites is 1. The summed E-state index contributed by atoms with van der Waals surface area (Å²) in [4.78, 5) is 4.78. The summed E-state index contributed by atoms with van der Waals surface area (Å²) in [6.45, 7) is 0. The number of hydrogen-bond acceptors (Lipinski definition) is 4. The second-order valence-corrected chi connectivity index (χ2v) is 5.54. The molecule has 1 aromatic heterocycles. The molecular formula is C15H17N3OS. The number of thiocarbonyl (C=S) groups is 1. The normalized spacial score (nSPS) is 21.4. The molecule has 20 heavy (non-hydrogen) atoms. The van der Waals surface area contributed by atoms with E-state index in [0.717, 1.165) is 35.0 Å². The lowest BCUT2D eigenvalue weighted by Crippen LogP contribution is -2.40. The average Bonchev–Trinajstić information content (AvgIpc) is 2.41. The van der Waals surface area contributed by atoms with Crippen molar-refractivity contribution in [2.45, 2.75) is 25.0 Å². The van der Waals surface area contributed by atoms with Crippen LogP contribution in [0.3, 0.4) is 0 Å². The fourth-order valence-electron chi connectivity index (χ4n) is 2.56. The van der Waals surface area contributed by atoms with Crippen LogP contribution in [-0.4, -0.2) is 29.2 Å². The Morgan fingerprint density at radius 2 is 2.15 bits per heavy atom. The van der Waals surface area contributed by atoms with E-state index in [4.69, 9.17) is 22.7 Å². The van der Waals surface area contributed by atoms with Crippen molar-refractivity contribution in [2.24, 2.45) is 5.73 Å². The molecule has 3 N–H and O–H groups in total. The number of nitrogens with zero attached hydrogens (tertiary/aromatic N) is 1. The number of nitrogens with two attached hydrogens (primary N) is 1. The van der Waals surface area contributed by atoms with Crippen molar-refractivity contribution in [3.05, 3.63) is 36.0 Å². The van der Waals surface area contributed by atoms with Gasteiger partial charge < -0.3 is 15.8 Å². The number of methoxy groups -OCH3 is 1. The first kappa shape index (κ1) is 13.3. The summed E-state index contributed by atoms with van der Waals surface area (Å²) in [5.74, 6) is 0. The molecule has 1 aliphatic carbocycles. The van der Waals surface area contributed by atoms with Gasteiger partial charge in [0.25, 0.3) is 0 Å². The number of pyridine rings is 1. The largest absolute Gasteiger partial charge is 0.389 e. The first-order valence-electron chi connectivity index (χ1n) is 6.66. The monoisotopic (exact) mass is 287 g/mol. The molecule has 0 radical (unpaired) electrons. The van der Waals surface area contributed by atoms with E-state index < -0.39 is 0 Å². The molecule has 1 heterocycles. The number of rotatable bonds is 4. The van der Waals surface area contributed by atoms with Gasteiger partial charge in [-0.2, -0.15) is 0 Å². The molecule has 0 bridgehead atoms. The van der Waals surface area contributed by atoms with Crippen LogP contribution in [0.15, 0.2) is 30.5 Å². The summed E-state index contributed by atoms with van der Waals surface area (Å²) >= 11 is 5.14. The maximum atomic E-state index is 5.82. The Kier molecular flexibility index (Phi) is 3.54. The fraction of sp³-hybridized carbons (Fsp3) is 0.333. The van der Waals surface area contributed by atoms with Crippen LogP contribution >= 0.6 is 12.2 Å². The van der Waals surface area contributed by atoms with E-state index in [1.165, 1.54) is 0 Å². The smallest absolute Gasteiger partial charge is 0.107 e. The number of anilines is 1. The van der Waals surface area contributed by atoms with Gasteiger partial charge in [0.2, 0.25) is 0 Å². The molecule has 5 heteroatoms. The topological polar surface area (TPSA) is 60.2 Å². The molecule has 2 aromatic rings. The van der Waals surface area contributed by atoms with E-state index in [1.54, 1.807) is 13.3 Å². The zero-order valence-electron chi connectivity index (χ0n) is 11.3. The van der Waals surface area contributed by atoms with Crippen LogP contribution in [0.4, 0.5) is 5.69 Å². The zero-order chi connectivity index (χ0) is 14.1. The Balaban J connectivity index is 1.98. The van der Waals surface area contributed by atoms with E-state index in [9.17, 15) is 0 Å². The van der Waals surface area contributed by atoms with Crippen LogP contribution in [-0.2, 0) is 4.74 Å². The van der Waals surface area contributed by atoms with Gasteiger partial charge in [0, 0.05) is 24.7 Å². The molecule has 4 nitrogen and oxygen atoms in total. The molecule has 0 saturated heterocycles. The minimum absolute atomic E-state index is 0.355. The lowest BCUT2D eigenvalue weighted by molar-refractivity contribution is 0.0329. The van der Waals surface area contributed by atoms with Gasteiger partial charge in [0.15, 0.2) is 0 Å². The molecule has 0 spiro atoms. The number of hydrogen-bond donors (Lipinski definition) is 2. The van der Waals surface area contributed by atoms with Crippen molar-refractivity contribution in [1.29, 1.82) is 0 Å². The third kappa shape index (κ3) is 2.34. The summed E-state index contributed by atoms with van der Waals surface area (Å²) in [6, 6.07) is 8.40. The molecule has 1 saturated carbocycles. The van der Waals surface area contributed by atoms with Gasteiger partial charge in [-0.25, -0.2) is 0 Å². The molecule has 0 unspecified atom stereocenters. The van der Waals surface area contributed by atoms with Crippen LogP contribution in [0.25, 0.3) is 10.9 Å². The predicted molar refractivity (Wildman–Crippen MR) is 85.1 cm³/mol. The third-order valence-electron chi connectivity index (χ3n) is 3.82. The molecule has 0 amide bonds. The maximum Gasteiger partial charge on any atom is 0.107 e. The summed E-state index contributed by atoms with van der Waals surface area (Å²) in [6.07, 6.45) is 4.11. The van der Waals surface area contributed by atoms with Crippen molar-refractivity contribution < 1.29 is 4.74 Å². The van der Waals surface area contributed by atoms with E-state index >= 15 is 0 Å². The fourth-order valence-corrected chi connectivity index (χ4v) is 2.72. The highest BCUT2D eigenvalue weighted by atomic mass is 32.1. The molecule has 0 atom stereocenters. The van der Waals surface area contributed by atoms with Crippen molar-refractivity contribution in [3.8, 4) is 0 Å². The summed E-state index contributed by atoms with van der Waals surface area (Å²) in [7, 11) is 1.75. The lowest BCUT2D eigenvalue weighted by atomic mass is 9.88. The first-order valence-corrected chi connectivity index (χ1v) is 7.06. The number of benzene rings is 1. The molecule has 104 valence electrons. The third-order valence-corrected chi connectivity index (χ3v) is 4.04. The Bertz CT molecular complexity index is 653.